The molecule has 1 N–H and O–H groups in total. The molecular weight excluding hydrogens is 317 g/mol. The highest BCUT2D eigenvalue weighted by atomic mass is 16.7. The summed E-state index contributed by atoms with van der Waals surface area (Å²) in [5.74, 6) is 0.505. The molecule has 3 rings (SSSR count). The Kier molecular flexibility index (Phi) is 5.23. The van der Waals surface area contributed by atoms with Gasteiger partial charge in [-0.05, 0) is 45.1 Å². The summed E-state index contributed by atoms with van der Waals surface area (Å²) >= 11 is 0. The molecule has 2 aliphatic heterocycles. The highest BCUT2D eigenvalue weighted by molar-refractivity contribution is 6.62. The van der Waals surface area contributed by atoms with Crippen LogP contribution in [0.4, 0.5) is 0 Å². The molecule has 1 aromatic rings. The molecule has 5 nitrogen and oxygen atoms in total. The molecule has 1 aromatic carbocycles. The van der Waals surface area contributed by atoms with E-state index in [1.54, 1.807) is 0 Å². The Morgan fingerprint density at radius 3 is 2.36 bits per heavy atom. The third-order valence-corrected chi connectivity index (χ3v) is 5.48. The molecule has 0 bridgehead atoms. The lowest BCUT2D eigenvalue weighted by Crippen LogP contribution is -2.41. The molecule has 0 aliphatic carbocycles. The number of amides is 1. The van der Waals surface area contributed by atoms with Crippen LogP contribution in [0.3, 0.4) is 0 Å². The summed E-state index contributed by atoms with van der Waals surface area (Å²) in [5, 5.41) is 3.00. The summed E-state index contributed by atoms with van der Waals surface area (Å²) in [5.41, 5.74) is 1.27. The van der Waals surface area contributed by atoms with E-state index in [9.17, 15) is 4.79 Å². The number of hydrogen-bond donors (Lipinski definition) is 1. The molecule has 0 spiro atoms. The monoisotopic (exact) mass is 345 g/mol. The maximum absolute atomic E-state index is 12.1. The predicted octanol–water partition coefficient (Wildman–Crippen LogP) is 1.68. The summed E-state index contributed by atoms with van der Waals surface area (Å²) in [6.07, 6.45) is 1.42. The van der Waals surface area contributed by atoms with Crippen molar-refractivity contribution in [2.75, 3.05) is 19.8 Å². The van der Waals surface area contributed by atoms with Gasteiger partial charge in [0.1, 0.15) is 0 Å². The second kappa shape index (κ2) is 7.10. The van der Waals surface area contributed by atoms with Gasteiger partial charge >= 0.3 is 7.12 Å². The van der Waals surface area contributed by atoms with Crippen LogP contribution in [0.1, 0.15) is 39.7 Å². The second-order valence-corrected chi connectivity index (χ2v) is 8.04. The highest BCUT2D eigenvalue weighted by Crippen LogP contribution is 2.36. The molecule has 0 saturated carbocycles. The van der Waals surface area contributed by atoms with Gasteiger partial charge in [-0.3, -0.25) is 4.79 Å². The number of rotatable bonds is 5. The molecule has 1 amide bonds. The van der Waals surface area contributed by atoms with Gasteiger partial charge in [-0.25, -0.2) is 0 Å². The van der Waals surface area contributed by atoms with Gasteiger partial charge in [0.2, 0.25) is 5.91 Å². The Morgan fingerprint density at radius 2 is 1.80 bits per heavy atom. The van der Waals surface area contributed by atoms with Gasteiger partial charge < -0.3 is 19.4 Å². The number of hydrogen-bond acceptors (Lipinski definition) is 4. The summed E-state index contributed by atoms with van der Waals surface area (Å²) in [7, 11) is -0.366. The number of ether oxygens (including phenoxy) is 1. The molecule has 1 atom stereocenters. The zero-order valence-corrected chi connectivity index (χ0v) is 15.6. The number of carbonyl (C=O) groups excluding carboxylic acids is 1. The van der Waals surface area contributed by atoms with Crippen molar-refractivity contribution in [1.82, 2.24) is 5.32 Å². The second-order valence-electron chi connectivity index (χ2n) is 8.04. The summed E-state index contributed by atoms with van der Waals surface area (Å²) in [6.45, 7) is 10.4. The molecule has 2 heterocycles. The Balaban J connectivity index is 1.53. The van der Waals surface area contributed by atoms with E-state index in [1.807, 2.05) is 52.0 Å². The number of carbonyl (C=O) groups is 1. The topological polar surface area (TPSA) is 56.8 Å². The van der Waals surface area contributed by atoms with E-state index >= 15 is 0 Å². The Bertz CT molecular complexity index is 592. The van der Waals surface area contributed by atoms with Crippen LogP contribution in [0.15, 0.2) is 24.3 Å². The van der Waals surface area contributed by atoms with Crippen LogP contribution < -0.4 is 10.8 Å². The molecule has 2 aliphatic rings. The lowest BCUT2D eigenvalue weighted by molar-refractivity contribution is -0.120. The van der Waals surface area contributed by atoms with Crippen molar-refractivity contribution in [3.8, 4) is 0 Å². The largest absolute Gasteiger partial charge is 0.494 e. The average molecular weight is 345 g/mol. The van der Waals surface area contributed by atoms with Crippen LogP contribution in [0, 0.1) is 5.92 Å². The first kappa shape index (κ1) is 18.4. The van der Waals surface area contributed by atoms with Crippen molar-refractivity contribution in [1.29, 1.82) is 0 Å². The Morgan fingerprint density at radius 1 is 1.16 bits per heavy atom. The van der Waals surface area contributed by atoms with Gasteiger partial charge in [0.15, 0.2) is 0 Å². The smallest absolute Gasteiger partial charge is 0.399 e. The standard InChI is InChI=1S/C19H28BNO4/c1-18(2)19(3,4)25-20(24-18)16-7-5-14(6-8-16)11-17(22)21-12-15-9-10-23-13-15/h5-8,15H,9-13H2,1-4H3,(H,21,22). The highest BCUT2D eigenvalue weighted by Gasteiger charge is 2.51. The number of benzene rings is 1. The maximum Gasteiger partial charge on any atom is 0.494 e. The first-order valence-corrected chi connectivity index (χ1v) is 9.06. The first-order valence-electron chi connectivity index (χ1n) is 9.06. The van der Waals surface area contributed by atoms with E-state index in [0.717, 1.165) is 30.7 Å². The lowest BCUT2D eigenvalue weighted by Gasteiger charge is -2.32. The average Bonchev–Trinajstić information content (AvgIpc) is 3.12. The summed E-state index contributed by atoms with van der Waals surface area (Å²) in [6, 6.07) is 7.91. The molecule has 0 radical (unpaired) electrons. The molecule has 2 saturated heterocycles. The normalized spacial score (nSPS) is 24.5. The number of nitrogens with one attached hydrogen (secondary N) is 1. The van der Waals surface area contributed by atoms with Crippen molar-refractivity contribution >= 4 is 18.5 Å². The minimum Gasteiger partial charge on any atom is -0.399 e. The molecule has 1 unspecified atom stereocenters. The minimum absolute atomic E-state index is 0.0512. The minimum atomic E-state index is -0.366. The van der Waals surface area contributed by atoms with E-state index in [1.165, 1.54) is 0 Å². The fraction of sp³-hybridized carbons (Fsp3) is 0.632. The van der Waals surface area contributed by atoms with Gasteiger partial charge in [0, 0.05) is 19.1 Å². The van der Waals surface area contributed by atoms with Crippen LogP contribution in [0.5, 0.6) is 0 Å². The van der Waals surface area contributed by atoms with Gasteiger partial charge in [0.25, 0.3) is 0 Å². The van der Waals surface area contributed by atoms with Crippen molar-refractivity contribution in [3.05, 3.63) is 29.8 Å². The van der Waals surface area contributed by atoms with Crippen LogP contribution in [0.25, 0.3) is 0 Å². The van der Waals surface area contributed by atoms with E-state index < -0.39 is 0 Å². The Labute approximate surface area is 150 Å². The summed E-state index contributed by atoms with van der Waals surface area (Å²) < 4.78 is 17.4. The van der Waals surface area contributed by atoms with Crippen LogP contribution >= 0.6 is 0 Å². The summed E-state index contributed by atoms with van der Waals surface area (Å²) in [4.78, 5) is 12.1. The molecule has 0 aromatic heterocycles. The third kappa shape index (κ3) is 4.25. The maximum atomic E-state index is 12.1. The van der Waals surface area contributed by atoms with Crippen LogP contribution in [-0.4, -0.2) is 44.0 Å². The van der Waals surface area contributed by atoms with Crippen molar-refractivity contribution in [3.63, 3.8) is 0 Å². The van der Waals surface area contributed by atoms with Crippen molar-refractivity contribution in [2.45, 2.75) is 51.7 Å². The first-order chi connectivity index (χ1) is 11.8. The SMILES string of the molecule is CC1(C)OB(c2ccc(CC(=O)NCC3CCOC3)cc2)OC1(C)C. The molecule has 25 heavy (non-hydrogen) atoms. The van der Waals surface area contributed by atoms with Gasteiger partial charge in [-0.2, -0.15) is 0 Å². The lowest BCUT2D eigenvalue weighted by atomic mass is 9.79. The van der Waals surface area contributed by atoms with Crippen LogP contribution in [0.2, 0.25) is 0 Å². The third-order valence-electron chi connectivity index (χ3n) is 5.48. The zero-order chi connectivity index (χ0) is 18.1. The molecular formula is C19H28BNO4. The van der Waals surface area contributed by atoms with E-state index in [0.29, 0.717) is 18.9 Å². The fourth-order valence-corrected chi connectivity index (χ4v) is 3.02. The fourth-order valence-electron chi connectivity index (χ4n) is 3.02. The molecule has 136 valence electrons. The van der Waals surface area contributed by atoms with Gasteiger partial charge in [-0.1, -0.05) is 24.3 Å². The van der Waals surface area contributed by atoms with Gasteiger partial charge in [-0.15, -0.1) is 0 Å². The molecule has 6 heteroatoms. The van der Waals surface area contributed by atoms with Crippen molar-refractivity contribution in [2.24, 2.45) is 5.92 Å². The van der Waals surface area contributed by atoms with E-state index in [4.69, 9.17) is 14.0 Å². The van der Waals surface area contributed by atoms with Gasteiger partial charge in [0.05, 0.1) is 24.2 Å². The van der Waals surface area contributed by atoms with E-state index in [2.05, 4.69) is 5.32 Å². The molecule has 2 fully saturated rings. The van der Waals surface area contributed by atoms with Crippen LogP contribution in [-0.2, 0) is 25.3 Å². The Hall–Kier alpha value is -1.37. The zero-order valence-electron chi connectivity index (χ0n) is 15.6. The van der Waals surface area contributed by atoms with E-state index in [-0.39, 0.29) is 24.2 Å². The quantitative estimate of drug-likeness (QED) is 0.825. The van der Waals surface area contributed by atoms with Crippen molar-refractivity contribution < 1.29 is 18.8 Å². The predicted molar refractivity (Wildman–Crippen MR) is 97.8 cm³/mol.